The highest BCUT2D eigenvalue weighted by Crippen LogP contribution is 2.32. The zero-order valence-electron chi connectivity index (χ0n) is 14.3. The fourth-order valence-corrected chi connectivity index (χ4v) is 5.68. The molecule has 2 aliphatic rings. The summed E-state index contributed by atoms with van der Waals surface area (Å²) < 4.78 is 27.7. The van der Waals surface area contributed by atoms with Crippen LogP contribution in [-0.4, -0.2) is 42.8 Å². The summed E-state index contributed by atoms with van der Waals surface area (Å²) in [7, 11) is -3.39. The molecule has 2 aromatic carbocycles. The van der Waals surface area contributed by atoms with Crippen molar-refractivity contribution in [3.63, 3.8) is 0 Å². The second-order valence-electron chi connectivity index (χ2n) is 7.03. The molecule has 2 aromatic rings. The second kappa shape index (κ2) is 6.90. The zero-order valence-corrected chi connectivity index (χ0v) is 15.1. The molecule has 2 fully saturated rings. The van der Waals surface area contributed by atoms with Gasteiger partial charge in [0.25, 0.3) is 0 Å². The number of benzene rings is 2. The first-order valence-electron chi connectivity index (χ1n) is 8.99. The van der Waals surface area contributed by atoms with Crippen LogP contribution in [0.2, 0.25) is 0 Å². The molecule has 0 aromatic heterocycles. The molecule has 132 valence electrons. The van der Waals surface area contributed by atoms with E-state index in [4.69, 9.17) is 0 Å². The smallest absolute Gasteiger partial charge is 0.243 e. The molecule has 2 heterocycles. The Balaban J connectivity index is 1.55. The molecular formula is C20H24N2O2S. The fourth-order valence-electron chi connectivity index (χ4n) is 4.15. The Morgan fingerprint density at radius 1 is 0.840 bits per heavy atom. The van der Waals surface area contributed by atoms with Crippen molar-refractivity contribution >= 4 is 10.0 Å². The standard InChI is InChI=1S/C20H24N2O2S/c23-25(24,20-12-5-2-6-13-20)21-15-18-10-7-11-19(16-21)22(18)14-17-8-3-1-4-9-17/h1-6,8-9,12-13,18-19H,7,10-11,14-16H2. The zero-order chi connectivity index (χ0) is 17.3. The van der Waals surface area contributed by atoms with Gasteiger partial charge in [0.1, 0.15) is 0 Å². The minimum Gasteiger partial charge on any atom is -0.291 e. The van der Waals surface area contributed by atoms with E-state index < -0.39 is 10.0 Å². The average molecular weight is 356 g/mol. The lowest BCUT2D eigenvalue weighted by Gasteiger charge is -2.49. The van der Waals surface area contributed by atoms with Gasteiger partial charge < -0.3 is 0 Å². The van der Waals surface area contributed by atoms with Gasteiger partial charge in [-0.15, -0.1) is 0 Å². The van der Waals surface area contributed by atoms with Crippen molar-refractivity contribution < 1.29 is 8.42 Å². The van der Waals surface area contributed by atoms with Crippen molar-refractivity contribution in [1.29, 1.82) is 0 Å². The minimum atomic E-state index is -3.39. The second-order valence-corrected chi connectivity index (χ2v) is 8.97. The Morgan fingerprint density at radius 2 is 1.40 bits per heavy atom. The van der Waals surface area contributed by atoms with E-state index in [1.165, 1.54) is 12.0 Å². The van der Waals surface area contributed by atoms with Crippen LogP contribution in [0, 0.1) is 0 Å². The summed E-state index contributed by atoms with van der Waals surface area (Å²) in [5, 5.41) is 0. The molecule has 2 aliphatic heterocycles. The lowest BCUT2D eigenvalue weighted by atomic mass is 9.91. The van der Waals surface area contributed by atoms with Gasteiger partial charge in [-0.05, 0) is 30.5 Å². The normalized spacial score (nSPS) is 25.0. The molecule has 0 aliphatic carbocycles. The number of rotatable bonds is 4. The molecule has 4 rings (SSSR count). The Kier molecular flexibility index (Phi) is 4.63. The number of fused-ring (bicyclic) bond motifs is 2. The average Bonchev–Trinajstić information content (AvgIpc) is 2.63. The third-order valence-electron chi connectivity index (χ3n) is 5.43. The summed E-state index contributed by atoms with van der Waals surface area (Å²) in [4.78, 5) is 2.93. The predicted octanol–water partition coefficient (Wildman–Crippen LogP) is 3.11. The van der Waals surface area contributed by atoms with E-state index in [0.717, 1.165) is 19.4 Å². The Hall–Kier alpha value is -1.69. The molecule has 2 saturated heterocycles. The molecule has 2 unspecified atom stereocenters. The molecule has 0 saturated carbocycles. The van der Waals surface area contributed by atoms with Crippen LogP contribution in [0.1, 0.15) is 24.8 Å². The molecule has 0 spiro atoms. The quantitative estimate of drug-likeness (QED) is 0.845. The number of piperazine rings is 1. The molecule has 25 heavy (non-hydrogen) atoms. The van der Waals surface area contributed by atoms with Gasteiger partial charge in [-0.25, -0.2) is 8.42 Å². The highest BCUT2D eigenvalue weighted by atomic mass is 32.2. The van der Waals surface area contributed by atoms with Gasteiger partial charge in [0, 0.05) is 31.7 Å². The summed E-state index contributed by atoms with van der Waals surface area (Å²) in [6.45, 7) is 2.11. The van der Waals surface area contributed by atoms with E-state index in [1.807, 2.05) is 12.1 Å². The number of hydrogen-bond donors (Lipinski definition) is 0. The molecule has 2 bridgehead atoms. The monoisotopic (exact) mass is 356 g/mol. The first kappa shape index (κ1) is 16.8. The largest absolute Gasteiger partial charge is 0.291 e. The predicted molar refractivity (Wildman–Crippen MR) is 98.6 cm³/mol. The highest BCUT2D eigenvalue weighted by Gasteiger charge is 2.41. The van der Waals surface area contributed by atoms with Gasteiger partial charge in [-0.1, -0.05) is 55.0 Å². The summed E-state index contributed by atoms with van der Waals surface area (Å²) in [5.41, 5.74) is 1.30. The Labute approximate surface area is 150 Å². The topological polar surface area (TPSA) is 40.6 Å². The van der Waals surface area contributed by atoms with Crippen LogP contribution in [0.3, 0.4) is 0 Å². The summed E-state index contributed by atoms with van der Waals surface area (Å²) in [6, 6.07) is 19.9. The van der Waals surface area contributed by atoms with Crippen LogP contribution in [0.25, 0.3) is 0 Å². The molecule has 0 amide bonds. The van der Waals surface area contributed by atoms with Crippen molar-refractivity contribution in [1.82, 2.24) is 9.21 Å². The Bertz CT molecular complexity index is 794. The fraction of sp³-hybridized carbons (Fsp3) is 0.400. The summed E-state index contributed by atoms with van der Waals surface area (Å²) in [6.07, 6.45) is 3.34. The molecular weight excluding hydrogens is 332 g/mol. The lowest BCUT2D eigenvalue weighted by molar-refractivity contribution is 0.0143. The number of piperidine rings is 1. The molecule has 5 heteroatoms. The van der Waals surface area contributed by atoms with Crippen molar-refractivity contribution in [2.45, 2.75) is 42.8 Å². The van der Waals surface area contributed by atoms with Gasteiger partial charge in [0.2, 0.25) is 10.0 Å². The van der Waals surface area contributed by atoms with E-state index in [1.54, 1.807) is 28.6 Å². The number of sulfonamides is 1. The number of nitrogens with zero attached hydrogens (tertiary/aromatic N) is 2. The Morgan fingerprint density at radius 3 is 2.00 bits per heavy atom. The van der Waals surface area contributed by atoms with Gasteiger partial charge in [-0.2, -0.15) is 4.31 Å². The van der Waals surface area contributed by atoms with Crippen molar-refractivity contribution in [2.24, 2.45) is 0 Å². The molecule has 2 atom stereocenters. The third-order valence-corrected chi connectivity index (χ3v) is 7.28. The van der Waals surface area contributed by atoms with E-state index in [2.05, 4.69) is 29.2 Å². The van der Waals surface area contributed by atoms with E-state index in [9.17, 15) is 8.42 Å². The van der Waals surface area contributed by atoms with Gasteiger partial charge in [-0.3, -0.25) is 4.90 Å². The summed E-state index contributed by atoms with van der Waals surface area (Å²) in [5.74, 6) is 0. The van der Waals surface area contributed by atoms with Gasteiger partial charge in [0.05, 0.1) is 4.90 Å². The van der Waals surface area contributed by atoms with Crippen LogP contribution in [0.4, 0.5) is 0 Å². The van der Waals surface area contributed by atoms with Crippen LogP contribution in [0.15, 0.2) is 65.6 Å². The first-order chi connectivity index (χ1) is 12.1. The SMILES string of the molecule is O=S(=O)(c1ccccc1)N1CC2CCCC(C1)N2Cc1ccccc1. The highest BCUT2D eigenvalue weighted by molar-refractivity contribution is 7.89. The molecule has 4 nitrogen and oxygen atoms in total. The van der Waals surface area contributed by atoms with Crippen molar-refractivity contribution in [2.75, 3.05) is 13.1 Å². The summed E-state index contributed by atoms with van der Waals surface area (Å²) >= 11 is 0. The van der Waals surface area contributed by atoms with E-state index in [0.29, 0.717) is 30.1 Å². The lowest BCUT2D eigenvalue weighted by Crippen LogP contribution is -2.61. The van der Waals surface area contributed by atoms with E-state index >= 15 is 0 Å². The van der Waals surface area contributed by atoms with Crippen LogP contribution >= 0.6 is 0 Å². The van der Waals surface area contributed by atoms with Gasteiger partial charge in [0.15, 0.2) is 0 Å². The minimum absolute atomic E-state index is 0.311. The maximum atomic E-state index is 13.0. The maximum absolute atomic E-state index is 13.0. The van der Waals surface area contributed by atoms with Crippen molar-refractivity contribution in [3.8, 4) is 0 Å². The van der Waals surface area contributed by atoms with Gasteiger partial charge >= 0.3 is 0 Å². The molecule has 0 N–H and O–H groups in total. The third kappa shape index (κ3) is 3.36. The van der Waals surface area contributed by atoms with Crippen LogP contribution in [-0.2, 0) is 16.6 Å². The van der Waals surface area contributed by atoms with Crippen LogP contribution in [0.5, 0.6) is 0 Å². The first-order valence-corrected chi connectivity index (χ1v) is 10.4. The van der Waals surface area contributed by atoms with Crippen LogP contribution < -0.4 is 0 Å². The maximum Gasteiger partial charge on any atom is 0.243 e. The number of hydrogen-bond acceptors (Lipinski definition) is 3. The van der Waals surface area contributed by atoms with E-state index in [-0.39, 0.29) is 0 Å². The van der Waals surface area contributed by atoms with Crippen molar-refractivity contribution in [3.05, 3.63) is 66.2 Å². The molecule has 0 radical (unpaired) electrons.